The summed E-state index contributed by atoms with van der Waals surface area (Å²) < 4.78 is 95.4. The monoisotopic (exact) mass is 580 g/mol. The molecule has 0 bridgehead atoms. The summed E-state index contributed by atoms with van der Waals surface area (Å²) in [6, 6.07) is 14.0. The number of nitrogens with one attached hydrogen (secondary N) is 1. The Morgan fingerprint density at radius 1 is 0.658 bits per heavy atom. The Kier molecular flexibility index (Phi) is 6.91. The Morgan fingerprint density at radius 3 is 1.53 bits per heavy atom. The molecule has 0 aromatic heterocycles. The van der Waals surface area contributed by atoms with Crippen LogP contribution in [0.3, 0.4) is 0 Å². The maximum Gasteiger partial charge on any atom is 0.301 e. The molecular weight excluding hydrogens is 564 g/mol. The minimum atomic E-state index is -4.49. The summed E-state index contributed by atoms with van der Waals surface area (Å²) in [5.74, 6) is -0.777. The number of amides is 1. The van der Waals surface area contributed by atoms with Crippen molar-refractivity contribution >= 4 is 59.1 Å². The van der Waals surface area contributed by atoms with Crippen LogP contribution >= 0.6 is 0 Å². The number of hydrogen-bond acceptors (Lipinski definition) is 10. The van der Waals surface area contributed by atoms with Crippen LogP contribution in [-0.4, -0.2) is 56.2 Å². The van der Waals surface area contributed by atoms with Crippen molar-refractivity contribution in [2.24, 2.45) is 10.2 Å². The molecule has 0 spiro atoms. The topological polar surface area (TPSA) is 220 Å². The lowest BCUT2D eigenvalue weighted by atomic mass is 10.1. The molecule has 4 N–H and O–H groups in total. The average molecular weight is 581 g/mol. The normalized spacial score (nSPS) is 15.6. The van der Waals surface area contributed by atoms with E-state index in [1.165, 1.54) is 36.4 Å². The predicted octanol–water partition coefficient (Wildman–Crippen LogP) is 1.65. The molecule has 198 valence electrons. The molecule has 1 amide bonds. The smallest absolute Gasteiger partial charge is 0.282 e. The summed E-state index contributed by atoms with van der Waals surface area (Å²) >= 11 is 0. The molecule has 1 aliphatic heterocycles. The third-order valence-electron chi connectivity index (χ3n) is 5.07. The quantitative estimate of drug-likeness (QED) is 0.232. The Morgan fingerprint density at radius 2 is 1.08 bits per heavy atom. The van der Waals surface area contributed by atoms with Gasteiger partial charge in [-0.1, -0.05) is 12.1 Å². The van der Waals surface area contributed by atoms with Gasteiger partial charge in [-0.15, -0.1) is 0 Å². The highest BCUT2D eigenvalue weighted by molar-refractivity contribution is 7.86. The van der Waals surface area contributed by atoms with Gasteiger partial charge in [0.1, 0.15) is 5.71 Å². The highest BCUT2D eigenvalue weighted by atomic mass is 32.2. The van der Waals surface area contributed by atoms with Crippen molar-refractivity contribution in [1.29, 1.82) is 0 Å². The van der Waals surface area contributed by atoms with Gasteiger partial charge in [0.2, 0.25) is 0 Å². The van der Waals surface area contributed by atoms with Crippen LogP contribution in [0.5, 0.6) is 0 Å². The number of carbonyl (C=O) groups excluding carboxylic acids is 1. The molecule has 0 aliphatic carbocycles. The number of nitrogens with zero attached hydrogens (tertiary/aromatic N) is 3. The van der Waals surface area contributed by atoms with Crippen LogP contribution in [0.15, 0.2) is 97.7 Å². The van der Waals surface area contributed by atoms with E-state index in [1.54, 1.807) is 0 Å². The van der Waals surface area contributed by atoms with E-state index in [1.807, 2.05) is 0 Å². The van der Waals surface area contributed by atoms with E-state index in [2.05, 4.69) is 15.6 Å². The molecule has 0 saturated carbocycles. The zero-order chi connectivity index (χ0) is 27.9. The molecule has 4 rings (SSSR count). The summed E-state index contributed by atoms with van der Waals surface area (Å²) in [5.41, 5.74) is 2.84. The first-order valence-corrected chi connectivity index (χ1v) is 14.5. The second kappa shape index (κ2) is 9.71. The number of rotatable bonds is 7. The molecular formula is C21H16N4O10S3. The first kappa shape index (κ1) is 27.0. The van der Waals surface area contributed by atoms with Gasteiger partial charge in [-0.25, -0.2) is 0 Å². The fraction of sp³-hybridized carbons (Fsp3) is 0. The summed E-state index contributed by atoms with van der Waals surface area (Å²) in [5, 5.41) is 9.17. The van der Waals surface area contributed by atoms with Crippen LogP contribution < -0.4 is 10.4 Å². The fourth-order valence-electron chi connectivity index (χ4n) is 3.23. The minimum absolute atomic E-state index is 0.0298. The molecule has 3 aromatic carbocycles. The predicted molar refractivity (Wildman–Crippen MR) is 134 cm³/mol. The maximum absolute atomic E-state index is 13.2. The van der Waals surface area contributed by atoms with E-state index in [4.69, 9.17) is 4.55 Å². The van der Waals surface area contributed by atoms with Crippen LogP contribution in [0.1, 0.15) is 5.56 Å². The Balaban J connectivity index is 1.73. The molecule has 14 nitrogen and oxygen atoms in total. The molecule has 3 aromatic rings. The van der Waals surface area contributed by atoms with Crippen LogP contribution in [0, 0.1) is 0 Å². The van der Waals surface area contributed by atoms with E-state index in [-0.39, 0.29) is 33.3 Å². The van der Waals surface area contributed by atoms with Gasteiger partial charge in [0.05, 0.1) is 26.1 Å². The Bertz CT molecular complexity index is 1800. The Labute approximate surface area is 216 Å². The van der Waals surface area contributed by atoms with Crippen molar-refractivity contribution in [2.75, 3.05) is 10.4 Å². The summed E-state index contributed by atoms with van der Waals surface area (Å²) in [6.07, 6.45) is 0. The van der Waals surface area contributed by atoms with E-state index in [0.29, 0.717) is 0 Å². The van der Waals surface area contributed by atoms with E-state index < -0.39 is 46.1 Å². The number of carbonyl (C=O) groups is 1. The second-order valence-electron chi connectivity index (χ2n) is 7.61. The largest absolute Gasteiger partial charge is 0.301 e. The molecule has 17 heteroatoms. The summed E-state index contributed by atoms with van der Waals surface area (Å²) in [6.45, 7) is 0. The molecule has 0 unspecified atom stereocenters. The lowest BCUT2D eigenvalue weighted by molar-refractivity contribution is -0.112. The average Bonchev–Trinajstić information content (AvgIpc) is 3.17. The second-order valence-corrected chi connectivity index (χ2v) is 11.9. The van der Waals surface area contributed by atoms with Crippen molar-refractivity contribution in [3.63, 3.8) is 0 Å². The van der Waals surface area contributed by atoms with Gasteiger partial charge in [-0.3, -0.25) is 23.9 Å². The SMILES string of the molecule is O=C1/C(=N\Nc2ccc(S(=O)(=O)O)cc2)C(c2ccc(S(=O)(=O)O)cc2)=NN1c1ccc(S(=O)(=O)O)cc1. The van der Waals surface area contributed by atoms with Crippen molar-refractivity contribution in [2.45, 2.75) is 14.7 Å². The standard InChI is InChI=1S/C21H16N4O10S3/c26-21-20(23-22-14-3-9-17(10-4-14)37(30,31)32)19(13-1-7-16(8-2-13)36(27,28)29)24-25(21)15-5-11-18(12-6-15)38(33,34)35/h1-12,22H,(H,27,28,29)(H,30,31,32)(H,33,34,35)/b23-20-. The zero-order valence-corrected chi connectivity index (χ0v) is 21.1. The highest BCUT2D eigenvalue weighted by Crippen LogP contribution is 2.25. The molecule has 0 atom stereocenters. The van der Waals surface area contributed by atoms with Gasteiger partial charge in [-0.05, 0) is 60.7 Å². The molecule has 38 heavy (non-hydrogen) atoms. The summed E-state index contributed by atoms with van der Waals surface area (Å²) in [4.78, 5) is 12.0. The molecule has 1 aliphatic rings. The van der Waals surface area contributed by atoms with Gasteiger partial charge in [-0.2, -0.15) is 40.5 Å². The van der Waals surface area contributed by atoms with Crippen molar-refractivity contribution in [1.82, 2.24) is 0 Å². The van der Waals surface area contributed by atoms with E-state index in [9.17, 15) is 39.2 Å². The molecule has 1 heterocycles. The maximum atomic E-state index is 13.2. The summed E-state index contributed by atoms with van der Waals surface area (Å²) in [7, 11) is -13.4. The first-order chi connectivity index (χ1) is 17.6. The van der Waals surface area contributed by atoms with Crippen LogP contribution in [0.25, 0.3) is 0 Å². The van der Waals surface area contributed by atoms with Gasteiger partial charge in [0.25, 0.3) is 30.4 Å². The van der Waals surface area contributed by atoms with E-state index >= 15 is 0 Å². The van der Waals surface area contributed by atoms with E-state index in [0.717, 1.165) is 41.4 Å². The van der Waals surface area contributed by atoms with Crippen LogP contribution in [-0.2, 0) is 35.1 Å². The third kappa shape index (κ3) is 5.77. The first-order valence-electron chi connectivity index (χ1n) is 10.1. The number of hydrogen-bond donors (Lipinski definition) is 4. The van der Waals surface area contributed by atoms with Gasteiger partial charge in [0, 0.05) is 5.56 Å². The van der Waals surface area contributed by atoms with Gasteiger partial charge in [0.15, 0.2) is 5.71 Å². The molecule has 0 saturated heterocycles. The van der Waals surface area contributed by atoms with Crippen LogP contribution in [0.2, 0.25) is 0 Å². The highest BCUT2D eigenvalue weighted by Gasteiger charge is 2.34. The fourth-order valence-corrected chi connectivity index (χ4v) is 4.67. The number of hydrazone groups is 2. The Hall–Kier alpha value is -4.00. The number of benzene rings is 3. The lowest BCUT2D eigenvalue weighted by Gasteiger charge is -2.11. The molecule has 0 radical (unpaired) electrons. The third-order valence-corrected chi connectivity index (χ3v) is 7.68. The minimum Gasteiger partial charge on any atom is -0.282 e. The zero-order valence-electron chi connectivity index (χ0n) is 18.7. The number of anilines is 2. The van der Waals surface area contributed by atoms with Crippen molar-refractivity contribution < 1.29 is 43.7 Å². The lowest BCUT2D eigenvalue weighted by Crippen LogP contribution is -2.28. The van der Waals surface area contributed by atoms with Gasteiger partial charge >= 0.3 is 5.91 Å². The van der Waals surface area contributed by atoms with Crippen LogP contribution in [0.4, 0.5) is 11.4 Å². The van der Waals surface area contributed by atoms with Crippen molar-refractivity contribution in [3.8, 4) is 0 Å². The molecule has 0 fully saturated rings. The van der Waals surface area contributed by atoms with Crippen molar-refractivity contribution in [3.05, 3.63) is 78.4 Å². The van der Waals surface area contributed by atoms with Gasteiger partial charge < -0.3 is 0 Å².